The smallest absolute Gasteiger partial charge is 0.252 e. The molecule has 0 radical (unpaired) electrons. The summed E-state index contributed by atoms with van der Waals surface area (Å²) in [4.78, 5) is 19.2. The van der Waals surface area contributed by atoms with Crippen molar-refractivity contribution in [2.45, 2.75) is 35.9 Å². The van der Waals surface area contributed by atoms with Crippen LogP contribution in [0.5, 0.6) is 0 Å². The maximum atomic E-state index is 13.2. The van der Waals surface area contributed by atoms with Crippen molar-refractivity contribution in [1.29, 1.82) is 0 Å². The third-order valence-corrected chi connectivity index (χ3v) is 8.69. The van der Waals surface area contributed by atoms with Crippen LogP contribution in [0.4, 0.5) is 0 Å². The molecule has 2 aliphatic rings. The first-order valence-corrected chi connectivity index (χ1v) is 11.6. The average molecular weight is 406 g/mol. The van der Waals surface area contributed by atoms with Crippen molar-refractivity contribution in [3.63, 3.8) is 0 Å². The standard InChI is InChI=1S/C19H23N3O3S2/c23-19(22-12-2-5-17(22)15-7-9-20-10-8-15)16-4-1-11-21(14-16)27(24,25)18-6-3-13-26-18/h3,6-10,13,16-17H,1-2,4-5,11-12,14H2. The highest BCUT2D eigenvalue weighted by atomic mass is 32.2. The summed E-state index contributed by atoms with van der Waals surface area (Å²) < 4.78 is 27.5. The number of aromatic nitrogens is 1. The Kier molecular flexibility index (Phi) is 5.29. The molecule has 2 aromatic heterocycles. The van der Waals surface area contributed by atoms with E-state index in [0.717, 1.165) is 37.8 Å². The molecule has 4 rings (SSSR count). The number of hydrogen-bond donors (Lipinski definition) is 0. The van der Waals surface area contributed by atoms with Crippen molar-refractivity contribution in [2.24, 2.45) is 5.92 Å². The van der Waals surface area contributed by atoms with Crippen LogP contribution in [-0.4, -0.2) is 48.1 Å². The highest BCUT2D eigenvalue weighted by molar-refractivity contribution is 7.91. The van der Waals surface area contributed by atoms with E-state index in [4.69, 9.17) is 0 Å². The second kappa shape index (κ2) is 7.69. The van der Waals surface area contributed by atoms with Crippen LogP contribution in [0.2, 0.25) is 0 Å². The molecule has 2 atom stereocenters. The largest absolute Gasteiger partial charge is 0.335 e. The Morgan fingerprint density at radius 3 is 2.63 bits per heavy atom. The summed E-state index contributed by atoms with van der Waals surface area (Å²) in [6.45, 7) is 1.50. The van der Waals surface area contributed by atoms with Crippen molar-refractivity contribution in [3.05, 3.63) is 47.6 Å². The van der Waals surface area contributed by atoms with Gasteiger partial charge in [-0.25, -0.2) is 8.42 Å². The molecule has 0 N–H and O–H groups in total. The molecule has 2 aromatic rings. The third kappa shape index (κ3) is 3.66. The monoisotopic (exact) mass is 405 g/mol. The van der Waals surface area contributed by atoms with Crippen LogP contribution in [0.3, 0.4) is 0 Å². The zero-order chi connectivity index (χ0) is 18.9. The van der Waals surface area contributed by atoms with Gasteiger partial charge in [0.05, 0.1) is 12.0 Å². The van der Waals surface area contributed by atoms with Crippen molar-refractivity contribution in [3.8, 4) is 0 Å². The molecule has 0 saturated carbocycles. The fourth-order valence-electron chi connectivity index (χ4n) is 4.10. The number of carbonyl (C=O) groups excluding carboxylic acids is 1. The molecule has 144 valence electrons. The van der Waals surface area contributed by atoms with Gasteiger partial charge in [-0.1, -0.05) is 6.07 Å². The van der Waals surface area contributed by atoms with E-state index < -0.39 is 10.0 Å². The second-order valence-corrected chi connectivity index (χ2v) is 10.2. The van der Waals surface area contributed by atoms with Gasteiger partial charge in [-0.3, -0.25) is 9.78 Å². The molecule has 1 amide bonds. The van der Waals surface area contributed by atoms with E-state index in [1.165, 1.54) is 15.6 Å². The zero-order valence-corrected chi connectivity index (χ0v) is 16.7. The summed E-state index contributed by atoms with van der Waals surface area (Å²) in [6, 6.07) is 7.37. The van der Waals surface area contributed by atoms with Gasteiger partial charge in [-0.15, -0.1) is 11.3 Å². The SMILES string of the molecule is O=C(C1CCCN(S(=O)(=O)c2cccs2)C1)N1CCCC1c1ccncc1. The van der Waals surface area contributed by atoms with Crippen LogP contribution in [0.1, 0.15) is 37.3 Å². The number of rotatable bonds is 4. The number of sulfonamides is 1. The van der Waals surface area contributed by atoms with Gasteiger partial charge in [0.2, 0.25) is 5.91 Å². The Bertz CT molecular complexity index is 884. The lowest BCUT2D eigenvalue weighted by atomic mass is 9.97. The van der Waals surface area contributed by atoms with Gasteiger partial charge in [0.25, 0.3) is 10.0 Å². The Hall–Kier alpha value is -1.77. The summed E-state index contributed by atoms with van der Waals surface area (Å²) in [5, 5.41) is 1.77. The van der Waals surface area contributed by atoms with Gasteiger partial charge in [0.15, 0.2) is 0 Å². The third-order valence-electron chi connectivity index (χ3n) is 5.45. The highest BCUT2D eigenvalue weighted by Gasteiger charge is 2.38. The molecule has 4 heterocycles. The van der Waals surface area contributed by atoms with Gasteiger partial charge in [-0.05, 0) is 54.8 Å². The Morgan fingerprint density at radius 1 is 1.11 bits per heavy atom. The predicted octanol–water partition coefficient (Wildman–Crippen LogP) is 2.91. The maximum Gasteiger partial charge on any atom is 0.252 e. The summed E-state index contributed by atoms with van der Waals surface area (Å²) in [5.41, 5.74) is 1.11. The quantitative estimate of drug-likeness (QED) is 0.784. The Labute approximate surface area is 163 Å². The predicted molar refractivity (Wildman–Crippen MR) is 104 cm³/mol. The summed E-state index contributed by atoms with van der Waals surface area (Å²) in [7, 11) is -3.50. The minimum absolute atomic E-state index is 0.0739. The van der Waals surface area contributed by atoms with Crippen LogP contribution in [0.25, 0.3) is 0 Å². The summed E-state index contributed by atoms with van der Waals surface area (Å²) in [6.07, 6.45) is 6.89. The van der Waals surface area contributed by atoms with Crippen LogP contribution in [0, 0.1) is 5.92 Å². The lowest BCUT2D eigenvalue weighted by Gasteiger charge is -2.35. The van der Waals surface area contributed by atoms with E-state index in [1.54, 1.807) is 29.9 Å². The molecule has 0 bridgehead atoms. The second-order valence-electron chi connectivity index (χ2n) is 7.10. The van der Waals surface area contributed by atoms with Gasteiger partial charge in [0.1, 0.15) is 4.21 Å². The molecule has 0 aromatic carbocycles. The first kappa shape index (κ1) is 18.6. The number of thiophene rings is 1. The normalized spacial score (nSPS) is 24.2. The van der Waals surface area contributed by atoms with Gasteiger partial charge >= 0.3 is 0 Å². The molecule has 27 heavy (non-hydrogen) atoms. The highest BCUT2D eigenvalue weighted by Crippen LogP contribution is 2.35. The molecule has 6 nitrogen and oxygen atoms in total. The van der Waals surface area contributed by atoms with Crippen LogP contribution in [0.15, 0.2) is 46.2 Å². The van der Waals surface area contributed by atoms with Crippen molar-refractivity contribution in [2.75, 3.05) is 19.6 Å². The number of nitrogens with zero attached hydrogens (tertiary/aromatic N) is 3. The van der Waals surface area contributed by atoms with Crippen molar-refractivity contribution >= 4 is 27.3 Å². The molecule has 2 aliphatic heterocycles. The minimum atomic E-state index is -3.50. The van der Waals surface area contributed by atoms with Crippen LogP contribution in [-0.2, 0) is 14.8 Å². The van der Waals surface area contributed by atoms with Gasteiger partial charge < -0.3 is 4.90 Å². The maximum absolute atomic E-state index is 13.2. The van der Waals surface area contributed by atoms with E-state index in [-0.39, 0.29) is 24.4 Å². The molecular formula is C19H23N3O3S2. The molecule has 0 spiro atoms. The lowest BCUT2D eigenvalue weighted by molar-refractivity contribution is -0.137. The zero-order valence-electron chi connectivity index (χ0n) is 15.0. The molecule has 2 saturated heterocycles. The minimum Gasteiger partial charge on any atom is -0.335 e. The van der Waals surface area contributed by atoms with Crippen LogP contribution < -0.4 is 0 Å². The number of likely N-dealkylation sites (tertiary alicyclic amines) is 1. The van der Waals surface area contributed by atoms with E-state index >= 15 is 0 Å². The number of amides is 1. The molecule has 2 unspecified atom stereocenters. The number of carbonyl (C=O) groups is 1. The topological polar surface area (TPSA) is 70.6 Å². The number of pyridine rings is 1. The molecule has 0 aliphatic carbocycles. The number of piperidine rings is 1. The van der Waals surface area contributed by atoms with E-state index in [2.05, 4.69) is 4.98 Å². The molecule has 2 fully saturated rings. The number of hydrogen-bond acceptors (Lipinski definition) is 5. The van der Waals surface area contributed by atoms with Gasteiger partial charge in [-0.2, -0.15) is 4.31 Å². The first-order valence-electron chi connectivity index (χ1n) is 9.31. The lowest BCUT2D eigenvalue weighted by Crippen LogP contribution is -2.46. The van der Waals surface area contributed by atoms with E-state index in [9.17, 15) is 13.2 Å². The fraction of sp³-hybridized carbons (Fsp3) is 0.474. The van der Waals surface area contributed by atoms with E-state index in [0.29, 0.717) is 10.8 Å². The summed E-state index contributed by atoms with van der Waals surface area (Å²) >= 11 is 1.23. The average Bonchev–Trinajstić information content (AvgIpc) is 3.40. The Morgan fingerprint density at radius 2 is 1.89 bits per heavy atom. The van der Waals surface area contributed by atoms with Crippen LogP contribution >= 0.6 is 11.3 Å². The molecule has 8 heteroatoms. The van der Waals surface area contributed by atoms with Crippen molar-refractivity contribution < 1.29 is 13.2 Å². The fourth-order valence-corrected chi connectivity index (χ4v) is 6.77. The molecular weight excluding hydrogens is 382 g/mol. The summed E-state index contributed by atoms with van der Waals surface area (Å²) in [5.74, 6) is -0.184. The van der Waals surface area contributed by atoms with Crippen molar-refractivity contribution in [1.82, 2.24) is 14.2 Å². The van der Waals surface area contributed by atoms with Gasteiger partial charge in [0, 0.05) is 32.0 Å². The first-order chi connectivity index (χ1) is 13.1. The van der Waals surface area contributed by atoms with E-state index in [1.807, 2.05) is 17.0 Å². The Balaban J connectivity index is 1.50.